The summed E-state index contributed by atoms with van der Waals surface area (Å²) in [6, 6.07) is 14.1. The second-order valence-electron chi connectivity index (χ2n) is 8.33. The fourth-order valence-electron chi connectivity index (χ4n) is 3.79. The van der Waals surface area contributed by atoms with E-state index in [9.17, 15) is 28.3 Å². The molecule has 2 unspecified atom stereocenters. The second-order valence-corrected chi connectivity index (χ2v) is 8.33. The molecule has 182 valence electrons. The smallest absolute Gasteiger partial charge is 0.407 e. The van der Waals surface area contributed by atoms with E-state index in [-0.39, 0.29) is 18.9 Å². The third kappa shape index (κ3) is 5.88. The van der Waals surface area contributed by atoms with Crippen LogP contribution in [0.4, 0.5) is 13.6 Å². The predicted octanol–water partition coefficient (Wildman–Crippen LogP) is 2.89. The molecular formula is C24H26F2N2O6. The van der Waals surface area contributed by atoms with Gasteiger partial charge in [0.1, 0.15) is 18.2 Å². The molecule has 0 aliphatic heterocycles. The number of aliphatic hydroxyl groups is 1. The molecule has 2 amide bonds. The number of rotatable bonds is 10. The van der Waals surface area contributed by atoms with Crippen LogP contribution in [0.5, 0.6) is 0 Å². The maximum absolute atomic E-state index is 12.8. The summed E-state index contributed by atoms with van der Waals surface area (Å²) in [5.41, 5.74) is 1.59. The van der Waals surface area contributed by atoms with Crippen molar-refractivity contribution in [1.29, 1.82) is 0 Å². The zero-order chi connectivity index (χ0) is 24.9. The van der Waals surface area contributed by atoms with Crippen LogP contribution in [0.25, 0.3) is 11.1 Å². The van der Waals surface area contributed by atoms with Crippen LogP contribution in [0.3, 0.4) is 0 Å². The molecule has 0 spiro atoms. The summed E-state index contributed by atoms with van der Waals surface area (Å²) in [7, 11) is 0. The van der Waals surface area contributed by atoms with Gasteiger partial charge in [-0.2, -0.15) is 0 Å². The van der Waals surface area contributed by atoms with E-state index < -0.39 is 49.0 Å². The molecule has 2 atom stereocenters. The first kappa shape index (κ1) is 25.1. The summed E-state index contributed by atoms with van der Waals surface area (Å²) in [5.74, 6) is -2.33. The summed E-state index contributed by atoms with van der Waals surface area (Å²) in [4.78, 5) is 35.8. The predicted molar refractivity (Wildman–Crippen MR) is 119 cm³/mol. The Morgan fingerprint density at radius 2 is 1.62 bits per heavy atom. The van der Waals surface area contributed by atoms with Gasteiger partial charge in [-0.1, -0.05) is 48.5 Å². The zero-order valence-electron chi connectivity index (χ0n) is 18.5. The van der Waals surface area contributed by atoms with E-state index in [2.05, 4.69) is 10.6 Å². The second kappa shape index (κ2) is 10.6. The number of aliphatic carboxylic acids is 1. The van der Waals surface area contributed by atoms with Gasteiger partial charge in [0.2, 0.25) is 5.91 Å². The molecule has 0 saturated heterocycles. The number of amides is 2. The highest BCUT2D eigenvalue weighted by Gasteiger charge is 2.34. The Morgan fingerprint density at radius 1 is 1.06 bits per heavy atom. The average molecular weight is 476 g/mol. The van der Waals surface area contributed by atoms with E-state index in [0.29, 0.717) is 0 Å². The molecule has 1 aliphatic carbocycles. The maximum Gasteiger partial charge on any atom is 0.407 e. The number of fused-ring (bicyclic) bond motifs is 3. The van der Waals surface area contributed by atoms with Crippen LogP contribution in [0.1, 0.15) is 36.8 Å². The number of hydrogen-bond acceptors (Lipinski definition) is 5. The molecule has 4 N–H and O–H groups in total. The minimum absolute atomic E-state index is 0.0206. The van der Waals surface area contributed by atoms with E-state index in [0.717, 1.165) is 29.2 Å². The van der Waals surface area contributed by atoms with Crippen LogP contribution in [0.2, 0.25) is 0 Å². The number of carboxylic acids is 1. The molecule has 8 nitrogen and oxygen atoms in total. The van der Waals surface area contributed by atoms with Crippen molar-refractivity contribution in [2.45, 2.75) is 43.8 Å². The Hall–Kier alpha value is -3.53. The molecule has 1 aliphatic rings. The number of carboxylic acid groups (broad SMARTS) is 1. The lowest BCUT2D eigenvalue weighted by Crippen LogP contribution is -2.52. The molecule has 3 rings (SSSR count). The highest BCUT2D eigenvalue weighted by Crippen LogP contribution is 2.44. The van der Waals surface area contributed by atoms with Crippen LogP contribution in [-0.2, 0) is 14.3 Å². The summed E-state index contributed by atoms with van der Waals surface area (Å²) in [6.07, 6.45) is -4.80. The average Bonchev–Trinajstić information content (AvgIpc) is 3.12. The topological polar surface area (TPSA) is 125 Å². The lowest BCUT2D eigenvalue weighted by Gasteiger charge is -2.24. The standard InChI is InChI=1S/C24H26F2N2O6/c1-24(33,22(25)26)13-27-21(31)19(10-11-20(29)30)28-23(32)34-12-18-16-8-4-2-6-14(16)15-7-3-5-9-17(15)18/h2-9,18-19,22,33H,10-13H2,1H3,(H,27,31)(H,28,32)(H,29,30). The highest BCUT2D eigenvalue weighted by atomic mass is 19.3. The van der Waals surface area contributed by atoms with Crippen molar-refractivity contribution in [3.8, 4) is 11.1 Å². The Kier molecular flexibility index (Phi) is 7.83. The number of carbonyl (C=O) groups is 3. The number of benzene rings is 2. The molecule has 0 saturated carbocycles. The van der Waals surface area contributed by atoms with Gasteiger partial charge in [0.15, 0.2) is 0 Å². The lowest BCUT2D eigenvalue weighted by molar-refractivity contribution is -0.137. The molecule has 0 aromatic heterocycles. The van der Waals surface area contributed by atoms with Gasteiger partial charge in [-0.05, 0) is 35.6 Å². The Bertz CT molecular complexity index is 1010. The molecule has 2 aromatic carbocycles. The van der Waals surface area contributed by atoms with Gasteiger partial charge in [-0.3, -0.25) is 9.59 Å². The Labute approximate surface area is 194 Å². The van der Waals surface area contributed by atoms with Crippen LogP contribution < -0.4 is 10.6 Å². The first-order valence-corrected chi connectivity index (χ1v) is 10.7. The fraction of sp³-hybridized carbons (Fsp3) is 0.375. The van der Waals surface area contributed by atoms with E-state index in [1.165, 1.54) is 0 Å². The maximum atomic E-state index is 12.8. The van der Waals surface area contributed by atoms with Gasteiger partial charge in [-0.15, -0.1) is 0 Å². The number of hydrogen-bond donors (Lipinski definition) is 4. The van der Waals surface area contributed by atoms with Gasteiger partial charge >= 0.3 is 12.1 Å². The van der Waals surface area contributed by atoms with Gasteiger partial charge in [0.25, 0.3) is 6.43 Å². The van der Waals surface area contributed by atoms with Crippen molar-refractivity contribution in [3.63, 3.8) is 0 Å². The summed E-state index contributed by atoms with van der Waals surface area (Å²) in [5, 5.41) is 23.0. The first-order valence-electron chi connectivity index (χ1n) is 10.7. The molecule has 0 fully saturated rings. The van der Waals surface area contributed by atoms with Crippen molar-refractivity contribution >= 4 is 18.0 Å². The Morgan fingerprint density at radius 3 is 2.15 bits per heavy atom. The number of ether oxygens (including phenoxy) is 1. The molecule has 10 heteroatoms. The quantitative estimate of drug-likeness (QED) is 0.418. The number of alkyl halides is 2. The van der Waals surface area contributed by atoms with Gasteiger partial charge in [0, 0.05) is 12.3 Å². The number of halogens is 2. The van der Waals surface area contributed by atoms with Crippen LogP contribution in [0, 0.1) is 0 Å². The zero-order valence-corrected chi connectivity index (χ0v) is 18.5. The van der Waals surface area contributed by atoms with E-state index >= 15 is 0 Å². The molecule has 0 radical (unpaired) electrons. The van der Waals surface area contributed by atoms with E-state index in [1.54, 1.807) is 0 Å². The summed E-state index contributed by atoms with van der Waals surface area (Å²) in [6.45, 7) is 0.0514. The summed E-state index contributed by atoms with van der Waals surface area (Å²) >= 11 is 0. The lowest BCUT2D eigenvalue weighted by atomic mass is 9.98. The monoisotopic (exact) mass is 476 g/mol. The van der Waals surface area contributed by atoms with Crippen LogP contribution >= 0.6 is 0 Å². The van der Waals surface area contributed by atoms with Crippen molar-refractivity contribution in [1.82, 2.24) is 10.6 Å². The fourth-order valence-corrected chi connectivity index (χ4v) is 3.79. The van der Waals surface area contributed by atoms with Gasteiger partial charge < -0.3 is 25.6 Å². The van der Waals surface area contributed by atoms with E-state index in [4.69, 9.17) is 9.84 Å². The molecule has 34 heavy (non-hydrogen) atoms. The largest absolute Gasteiger partial charge is 0.481 e. The van der Waals surface area contributed by atoms with Gasteiger partial charge in [0.05, 0.1) is 6.54 Å². The minimum Gasteiger partial charge on any atom is -0.481 e. The van der Waals surface area contributed by atoms with Crippen molar-refractivity contribution in [2.24, 2.45) is 0 Å². The number of nitrogens with one attached hydrogen (secondary N) is 2. The molecule has 0 bridgehead atoms. The SMILES string of the molecule is CC(O)(CNC(=O)C(CCC(=O)O)NC(=O)OCC1c2ccccc2-c2ccccc21)C(F)F. The van der Waals surface area contributed by atoms with Crippen LogP contribution in [-0.4, -0.2) is 59.4 Å². The molecular weight excluding hydrogens is 450 g/mol. The number of carbonyl (C=O) groups excluding carboxylic acids is 2. The third-order valence-electron chi connectivity index (χ3n) is 5.69. The van der Waals surface area contributed by atoms with Crippen molar-refractivity contribution in [2.75, 3.05) is 13.2 Å². The third-order valence-corrected chi connectivity index (χ3v) is 5.69. The van der Waals surface area contributed by atoms with E-state index in [1.807, 2.05) is 48.5 Å². The Balaban J connectivity index is 1.64. The molecule has 2 aromatic rings. The highest BCUT2D eigenvalue weighted by molar-refractivity contribution is 5.86. The summed E-state index contributed by atoms with van der Waals surface area (Å²) < 4.78 is 31.0. The normalized spacial score (nSPS) is 15.1. The van der Waals surface area contributed by atoms with Gasteiger partial charge in [-0.25, -0.2) is 13.6 Å². The van der Waals surface area contributed by atoms with Crippen molar-refractivity contribution in [3.05, 3.63) is 59.7 Å². The molecule has 0 heterocycles. The first-order chi connectivity index (χ1) is 16.1. The van der Waals surface area contributed by atoms with Crippen LogP contribution in [0.15, 0.2) is 48.5 Å². The van der Waals surface area contributed by atoms with Crippen molar-refractivity contribution < 1.29 is 38.1 Å². The minimum atomic E-state index is -3.11. The number of alkyl carbamates (subject to hydrolysis) is 1.